The van der Waals surface area contributed by atoms with Crippen LogP contribution in [0.3, 0.4) is 0 Å². The molecule has 8 heteroatoms. The highest BCUT2D eigenvalue weighted by molar-refractivity contribution is 6.04. The molecular formula is C23H23N3O5. The second-order valence-corrected chi connectivity index (χ2v) is 6.62. The van der Waals surface area contributed by atoms with Gasteiger partial charge in [-0.2, -0.15) is 0 Å². The number of ether oxygens (including phenoxy) is 2. The molecule has 0 radical (unpaired) electrons. The Balaban J connectivity index is 1.49. The minimum absolute atomic E-state index is 0.279. The first-order chi connectivity index (χ1) is 15.0. The minimum Gasteiger partial charge on any atom is -0.494 e. The lowest BCUT2D eigenvalue weighted by molar-refractivity contribution is -0.119. The second-order valence-electron chi connectivity index (χ2n) is 6.62. The van der Waals surface area contributed by atoms with Gasteiger partial charge in [0.25, 0.3) is 11.8 Å². The number of nitrogens with one attached hydrogen (secondary N) is 2. The highest BCUT2D eigenvalue weighted by atomic mass is 16.5. The molecule has 0 saturated heterocycles. The molecule has 0 spiro atoms. The van der Waals surface area contributed by atoms with E-state index >= 15 is 0 Å². The fraction of sp³-hybridized carbons (Fsp3) is 0.174. The zero-order valence-corrected chi connectivity index (χ0v) is 17.3. The van der Waals surface area contributed by atoms with Crippen molar-refractivity contribution in [2.24, 2.45) is 7.05 Å². The molecule has 1 heterocycles. The molecule has 0 aliphatic rings. The lowest BCUT2D eigenvalue weighted by atomic mass is 10.2. The first-order valence-corrected chi connectivity index (χ1v) is 9.69. The normalized spacial score (nSPS) is 10.3. The molecular weight excluding hydrogens is 398 g/mol. The number of carbonyl (C=O) groups is 3. The number of hydrogen-bond donors (Lipinski definition) is 2. The van der Waals surface area contributed by atoms with Crippen LogP contribution in [0.5, 0.6) is 5.75 Å². The van der Waals surface area contributed by atoms with E-state index in [0.29, 0.717) is 29.2 Å². The van der Waals surface area contributed by atoms with Crippen LogP contribution in [0.15, 0.2) is 66.9 Å². The molecule has 0 unspecified atom stereocenters. The number of nitrogens with zero attached hydrogens (tertiary/aromatic N) is 1. The Morgan fingerprint density at radius 1 is 0.903 bits per heavy atom. The van der Waals surface area contributed by atoms with Crippen LogP contribution in [0.2, 0.25) is 0 Å². The molecule has 2 N–H and O–H groups in total. The zero-order valence-electron chi connectivity index (χ0n) is 17.3. The second kappa shape index (κ2) is 10.1. The molecule has 0 aliphatic heterocycles. The summed E-state index contributed by atoms with van der Waals surface area (Å²) in [4.78, 5) is 36.3. The largest absolute Gasteiger partial charge is 0.494 e. The van der Waals surface area contributed by atoms with Crippen LogP contribution in [-0.2, 0) is 16.6 Å². The lowest BCUT2D eigenvalue weighted by Crippen LogP contribution is -2.21. The molecule has 0 bridgehead atoms. The van der Waals surface area contributed by atoms with E-state index in [9.17, 15) is 14.4 Å². The zero-order chi connectivity index (χ0) is 22.2. The van der Waals surface area contributed by atoms with Gasteiger partial charge in [-0.05, 0) is 67.6 Å². The van der Waals surface area contributed by atoms with Gasteiger partial charge in [-0.3, -0.25) is 9.59 Å². The van der Waals surface area contributed by atoms with Gasteiger partial charge < -0.3 is 24.7 Å². The molecule has 3 rings (SSSR count). The maximum Gasteiger partial charge on any atom is 0.355 e. The first kappa shape index (κ1) is 21.6. The third-order valence-electron chi connectivity index (χ3n) is 4.34. The van der Waals surface area contributed by atoms with Crippen molar-refractivity contribution >= 4 is 29.2 Å². The van der Waals surface area contributed by atoms with Crippen LogP contribution in [0.4, 0.5) is 11.4 Å². The topological polar surface area (TPSA) is 98.7 Å². The summed E-state index contributed by atoms with van der Waals surface area (Å²) in [6, 6.07) is 16.8. The first-order valence-electron chi connectivity index (χ1n) is 9.69. The van der Waals surface area contributed by atoms with Crippen molar-refractivity contribution in [3.05, 3.63) is 78.1 Å². The number of benzene rings is 2. The van der Waals surface area contributed by atoms with Gasteiger partial charge in [-0.25, -0.2) is 4.79 Å². The molecule has 2 aromatic carbocycles. The van der Waals surface area contributed by atoms with E-state index in [1.165, 1.54) is 0 Å². The van der Waals surface area contributed by atoms with Gasteiger partial charge in [0, 0.05) is 30.2 Å². The van der Waals surface area contributed by atoms with Crippen molar-refractivity contribution < 1.29 is 23.9 Å². The van der Waals surface area contributed by atoms with E-state index in [-0.39, 0.29) is 5.91 Å². The summed E-state index contributed by atoms with van der Waals surface area (Å²) in [5, 5.41) is 5.42. The van der Waals surface area contributed by atoms with Crippen molar-refractivity contribution in [1.29, 1.82) is 0 Å². The number of hydrogen-bond acceptors (Lipinski definition) is 5. The molecule has 160 valence electrons. The van der Waals surface area contributed by atoms with Crippen LogP contribution >= 0.6 is 0 Å². The Bertz CT molecular complexity index is 1060. The summed E-state index contributed by atoms with van der Waals surface area (Å²) < 4.78 is 12.0. The number of esters is 1. The fourth-order valence-corrected chi connectivity index (χ4v) is 2.78. The Labute approximate surface area is 179 Å². The molecule has 0 saturated carbocycles. The molecule has 8 nitrogen and oxygen atoms in total. The van der Waals surface area contributed by atoms with Crippen LogP contribution in [0.1, 0.15) is 27.8 Å². The van der Waals surface area contributed by atoms with Crippen LogP contribution < -0.4 is 15.4 Å². The van der Waals surface area contributed by atoms with Crippen LogP contribution in [0.25, 0.3) is 0 Å². The number of carbonyl (C=O) groups excluding carboxylic acids is 3. The maximum absolute atomic E-state index is 12.4. The number of rotatable bonds is 8. The van der Waals surface area contributed by atoms with Crippen molar-refractivity contribution in [2.45, 2.75) is 6.92 Å². The van der Waals surface area contributed by atoms with Gasteiger partial charge in [0.15, 0.2) is 6.61 Å². The number of amides is 2. The molecule has 1 aromatic heterocycles. The van der Waals surface area contributed by atoms with Gasteiger partial charge in [-0.1, -0.05) is 0 Å². The van der Waals surface area contributed by atoms with E-state index in [0.717, 1.165) is 5.75 Å². The predicted molar refractivity (Wildman–Crippen MR) is 116 cm³/mol. The standard InChI is InChI=1S/C23H23N3O5/c1-3-30-19-12-10-18(11-13-19)25-22(28)16-6-8-17(9-7-16)24-21(27)15-31-23(29)20-5-4-14-26(20)2/h4-14H,3,15H2,1-2H3,(H,24,27)(H,25,28). The summed E-state index contributed by atoms with van der Waals surface area (Å²) in [6.45, 7) is 2.06. The summed E-state index contributed by atoms with van der Waals surface area (Å²) in [5.41, 5.74) is 1.92. The highest BCUT2D eigenvalue weighted by Gasteiger charge is 2.13. The number of aromatic nitrogens is 1. The predicted octanol–water partition coefficient (Wildman–Crippen LogP) is 3.47. The maximum atomic E-state index is 12.4. The van der Waals surface area contributed by atoms with E-state index in [1.807, 2.05) is 6.92 Å². The summed E-state index contributed by atoms with van der Waals surface area (Å²) in [5.74, 6) is -0.605. The van der Waals surface area contributed by atoms with E-state index in [1.54, 1.807) is 78.5 Å². The number of aryl methyl sites for hydroxylation is 1. The smallest absolute Gasteiger partial charge is 0.355 e. The Kier molecular flexibility index (Phi) is 7.05. The third kappa shape index (κ3) is 5.96. The van der Waals surface area contributed by atoms with E-state index in [2.05, 4.69) is 10.6 Å². The summed E-state index contributed by atoms with van der Waals surface area (Å²) >= 11 is 0. The van der Waals surface area contributed by atoms with Crippen molar-refractivity contribution in [3.8, 4) is 5.75 Å². The Morgan fingerprint density at radius 3 is 2.16 bits per heavy atom. The number of anilines is 2. The molecule has 3 aromatic rings. The van der Waals surface area contributed by atoms with Crippen molar-refractivity contribution in [3.63, 3.8) is 0 Å². The average Bonchev–Trinajstić information content (AvgIpc) is 3.20. The van der Waals surface area contributed by atoms with Crippen LogP contribution in [0, 0.1) is 0 Å². The Morgan fingerprint density at radius 2 is 1.55 bits per heavy atom. The third-order valence-corrected chi connectivity index (χ3v) is 4.34. The van der Waals surface area contributed by atoms with Crippen molar-refractivity contribution in [2.75, 3.05) is 23.8 Å². The Hall–Kier alpha value is -4.07. The van der Waals surface area contributed by atoms with Gasteiger partial charge in [-0.15, -0.1) is 0 Å². The quantitative estimate of drug-likeness (QED) is 0.543. The minimum atomic E-state index is -0.580. The van der Waals surface area contributed by atoms with Gasteiger partial charge >= 0.3 is 5.97 Å². The van der Waals surface area contributed by atoms with E-state index in [4.69, 9.17) is 9.47 Å². The summed E-state index contributed by atoms with van der Waals surface area (Å²) in [7, 11) is 1.71. The average molecular weight is 421 g/mol. The fourth-order valence-electron chi connectivity index (χ4n) is 2.78. The van der Waals surface area contributed by atoms with Gasteiger partial charge in [0.2, 0.25) is 0 Å². The highest BCUT2D eigenvalue weighted by Crippen LogP contribution is 2.17. The lowest BCUT2D eigenvalue weighted by Gasteiger charge is -2.09. The van der Waals surface area contributed by atoms with E-state index < -0.39 is 18.5 Å². The molecule has 0 fully saturated rings. The van der Waals surface area contributed by atoms with Crippen molar-refractivity contribution in [1.82, 2.24) is 4.57 Å². The molecule has 0 aliphatic carbocycles. The summed E-state index contributed by atoms with van der Waals surface area (Å²) in [6.07, 6.45) is 1.71. The molecule has 31 heavy (non-hydrogen) atoms. The van der Waals surface area contributed by atoms with Gasteiger partial charge in [0.1, 0.15) is 11.4 Å². The van der Waals surface area contributed by atoms with Gasteiger partial charge in [0.05, 0.1) is 6.61 Å². The molecule has 0 atom stereocenters. The SMILES string of the molecule is CCOc1ccc(NC(=O)c2ccc(NC(=O)COC(=O)c3cccn3C)cc2)cc1. The monoisotopic (exact) mass is 421 g/mol. The van der Waals surface area contributed by atoms with Crippen LogP contribution in [-0.4, -0.2) is 35.6 Å². The molecule has 2 amide bonds.